The molecule has 0 spiro atoms. The zero-order chi connectivity index (χ0) is 19.8. The average molecular weight is 370 g/mol. The fourth-order valence-electron chi connectivity index (χ4n) is 3.67. The van der Waals surface area contributed by atoms with E-state index in [4.69, 9.17) is 14.7 Å². The van der Waals surface area contributed by atoms with Crippen molar-refractivity contribution in [2.24, 2.45) is 0 Å². The predicted molar refractivity (Wildman–Crippen MR) is 107 cm³/mol. The Balaban J connectivity index is 1.73. The van der Waals surface area contributed by atoms with Gasteiger partial charge in [-0.25, -0.2) is 14.8 Å². The van der Waals surface area contributed by atoms with Crippen molar-refractivity contribution in [1.82, 2.24) is 19.8 Å². The van der Waals surface area contributed by atoms with Crippen LogP contribution in [0, 0.1) is 6.92 Å². The Labute approximate surface area is 161 Å². The summed E-state index contributed by atoms with van der Waals surface area (Å²) >= 11 is 0. The van der Waals surface area contributed by atoms with Crippen LogP contribution in [-0.4, -0.2) is 56.6 Å². The number of para-hydroxylation sites is 1. The molecule has 6 nitrogen and oxygen atoms in total. The lowest BCUT2D eigenvalue weighted by molar-refractivity contribution is -0.0102. The van der Waals surface area contributed by atoms with Crippen LogP contribution in [0.15, 0.2) is 24.3 Å². The topological polar surface area (TPSA) is 58.6 Å². The number of hydrogen-bond donors (Lipinski definition) is 0. The van der Waals surface area contributed by atoms with Gasteiger partial charge in [-0.15, -0.1) is 0 Å². The number of carbonyl (C=O) groups is 1. The van der Waals surface area contributed by atoms with E-state index < -0.39 is 5.60 Å². The minimum Gasteiger partial charge on any atom is -0.444 e. The highest BCUT2D eigenvalue weighted by Crippen LogP contribution is 2.22. The molecule has 1 aliphatic heterocycles. The summed E-state index contributed by atoms with van der Waals surface area (Å²) in [5, 5.41) is 1.09. The number of hydrogen-bond acceptors (Lipinski definition) is 5. The average Bonchev–Trinajstić information content (AvgIpc) is 2.56. The zero-order valence-electron chi connectivity index (χ0n) is 17.2. The van der Waals surface area contributed by atoms with Gasteiger partial charge in [-0.2, -0.15) is 0 Å². The quantitative estimate of drug-likeness (QED) is 0.805. The van der Waals surface area contributed by atoms with Crippen molar-refractivity contribution in [3.05, 3.63) is 35.8 Å². The maximum atomic E-state index is 12.4. The van der Waals surface area contributed by atoms with Gasteiger partial charge >= 0.3 is 6.09 Å². The lowest BCUT2D eigenvalue weighted by Crippen LogP contribution is -2.58. The summed E-state index contributed by atoms with van der Waals surface area (Å²) in [4.78, 5) is 26.0. The van der Waals surface area contributed by atoms with Crippen molar-refractivity contribution >= 4 is 17.0 Å². The third-order valence-electron chi connectivity index (χ3n) is 4.92. The summed E-state index contributed by atoms with van der Waals surface area (Å²) < 4.78 is 5.54. The number of amides is 1. The van der Waals surface area contributed by atoms with E-state index in [1.165, 1.54) is 0 Å². The number of aryl methyl sites for hydroxylation is 1. The van der Waals surface area contributed by atoms with E-state index in [9.17, 15) is 4.79 Å². The van der Waals surface area contributed by atoms with Gasteiger partial charge in [0.25, 0.3) is 0 Å². The third kappa shape index (κ3) is 4.56. The van der Waals surface area contributed by atoms with Crippen LogP contribution < -0.4 is 0 Å². The summed E-state index contributed by atoms with van der Waals surface area (Å²) in [5.41, 5.74) is 1.51. The molecule has 146 valence electrons. The number of aromatic nitrogens is 2. The molecule has 27 heavy (non-hydrogen) atoms. The number of nitrogens with zero attached hydrogens (tertiary/aromatic N) is 4. The fourth-order valence-corrected chi connectivity index (χ4v) is 3.67. The molecular formula is C21H30N4O2. The molecule has 2 heterocycles. The SMILES string of the molecule is Cc1nc(CN2[C@H](C)CN(C(=O)OC(C)(C)C)C[C@@H]2C)nc2ccccc12. The molecule has 0 aliphatic carbocycles. The summed E-state index contributed by atoms with van der Waals surface area (Å²) in [6.07, 6.45) is -0.237. The van der Waals surface area contributed by atoms with Gasteiger partial charge in [0.05, 0.1) is 12.1 Å². The van der Waals surface area contributed by atoms with E-state index in [2.05, 4.69) is 24.8 Å². The maximum Gasteiger partial charge on any atom is 0.410 e. The molecule has 1 aromatic carbocycles. The minimum atomic E-state index is -0.475. The highest BCUT2D eigenvalue weighted by molar-refractivity contribution is 5.80. The standard InChI is InChI=1S/C21H30N4O2/c1-14-11-24(20(26)27-21(4,5)6)12-15(2)25(14)13-19-22-16(3)17-9-7-8-10-18(17)23-19/h7-10,14-15H,11-13H2,1-6H3/t14-,15+. The van der Waals surface area contributed by atoms with Crippen molar-refractivity contribution in [2.75, 3.05) is 13.1 Å². The molecule has 0 saturated carbocycles. The van der Waals surface area contributed by atoms with Gasteiger partial charge in [-0.1, -0.05) is 18.2 Å². The second kappa shape index (κ2) is 7.43. The minimum absolute atomic E-state index is 0.205. The molecule has 2 atom stereocenters. The van der Waals surface area contributed by atoms with Gasteiger partial charge in [0.2, 0.25) is 0 Å². The van der Waals surface area contributed by atoms with Gasteiger partial charge in [-0.05, 0) is 47.6 Å². The van der Waals surface area contributed by atoms with Crippen molar-refractivity contribution in [3.8, 4) is 0 Å². The molecule has 0 unspecified atom stereocenters. The Morgan fingerprint density at radius 2 is 1.78 bits per heavy atom. The van der Waals surface area contributed by atoms with Crippen LogP contribution in [0.3, 0.4) is 0 Å². The first-order valence-electron chi connectivity index (χ1n) is 9.60. The number of ether oxygens (including phenoxy) is 1. The summed E-state index contributed by atoms with van der Waals surface area (Å²) in [6, 6.07) is 8.51. The molecule has 2 aromatic rings. The molecule has 1 amide bonds. The van der Waals surface area contributed by atoms with Crippen LogP contribution in [0.5, 0.6) is 0 Å². The van der Waals surface area contributed by atoms with Crippen molar-refractivity contribution < 1.29 is 9.53 Å². The van der Waals surface area contributed by atoms with Crippen molar-refractivity contribution in [3.63, 3.8) is 0 Å². The van der Waals surface area contributed by atoms with Crippen LogP contribution in [0.4, 0.5) is 4.79 Å². The van der Waals surface area contributed by atoms with Crippen LogP contribution in [0.2, 0.25) is 0 Å². The first-order chi connectivity index (χ1) is 12.6. The largest absolute Gasteiger partial charge is 0.444 e. The molecular weight excluding hydrogens is 340 g/mol. The summed E-state index contributed by atoms with van der Waals surface area (Å²) in [5.74, 6) is 0.829. The number of rotatable bonds is 2. The van der Waals surface area contributed by atoms with Crippen LogP contribution in [0.1, 0.15) is 46.1 Å². The van der Waals surface area contributed by atoms with Gasteiger partial charge in [-0.3, -0.25) is 4.90 Å². The Morgan fingerprint density at radius 3 is 2.41 bits per heavy atom. The first kappa shape index (κ1) is 19.5. The van der Waals surface area contributed by atoms with Gasteiger partial charge in [0.15, 0.2) is 0 Å². The van der Waals surface area contributed by atoms with E-state index in [1.54, 1.807) is 0 Å². The molecule has 0 bridgehead atoms. The van der Waals surface area contributed by atoms with Gasteiger partial charge < -0.3 is 9.64 Å². The van der Waals surface area contributed by atoms with Crippen molar-refractivity contribution in [1.29, 1.82) is 0 Å². The summed E-state index contributed by atoms with van der Waals surface area (Å²) in [6.45, 7) is 14.0. The highest BCUT2D eigenvalue weighted by Gasteiger charge is 2.34. The number of fused-ring (bicyclic) bond motifs is 1. The highest BCUT2D eigenvalue weighted by atomic mass is 16.6. The monoisotopic (exact) mass is 370 g/mol. The fraction of sp³-hybridized carbons (Fsp3) is 0.571. The molecule has 6 heteroatoms. The lowest BCUT2D eigenvalue weighted by Gasteiger charge is -2.44. The molecule has 1 aromatic heterocycles. The first-order valence-corrected chi connectivity index (χ1v) is 9.60. The number of benzene rings is 1. The normalized spacial score (nSPS) is 21.5. The van der Waals surface area contributed by atoms with Crippen LogP contribution >= 0.6 is 0 Å². The van der Waals surface area contributed by atoms with E-state index >= 15 is 0 Å². The van der Waals surface area contributed by atoms with E-state index in [0.29, 0.717) is 19.6 Å². The number of piperazine rings is 1. The maximum absolute atomic E-state index is 12.4. The van der Waals surface area contributed by atoms with Gasteiger partial charge in [0, 0.05) is 36.3 Å². The molecule has 1 fully saturated rings. The van der Waals surface area contributed by atoms with Crippen molar-refractivity contribution in [2.45, 2.75) is 65.8 Å². The molecule has 0 radical (unpaired) electrons. The van der Waals surface area contributed by atoms with Crippen LogP contribution in [-0.2, 0) is 11.3 Å². The molecule has 0 N–H and O–H groups in total. The Kier molecular flexibility index (Phi) is 5.38. The van der Waals surface area contributed by atoms with E-state index in [-0.39, 0.29) is 18.2 Å². The van der Waals surface area contributed by atoms with E-state index in [1.807, 2.05) is 50.8 Å². The Morgan fingerprint density at radius 1 is 1.15 bits per heavy atom. The molecule has 1 aliphatic rings. The third-order valence-corrected chi connectivity index (χ3v) is 4.92. The molecule has 3 rings (SSSR count). The predicted octanol–water partition coefficient (Wildman–Crippen LogP) is 3.77. The van der Waals surface area contributed by atoms with E-state index in [0.717, 1.165) is 22.4 Å². The Hall–Kier alpha value is -2.21. The summed E-state index contributed by atoms with van der Waals surface area (Å²) in [7, 11) is 0. The van der Waals surface area contributed by atoms with Crippen LogP contribution in [0.25, 0.3) is 10.9 Å². The smallest absolute Gasteiger partial charge is 0.410 e. The second-order valence-corrected chi connectivity index (χ2v) is 8.50. The molecule has 1 saturated heterocycles. The number of carbonyl (C=O) groups excluding carboxylic acids is 1. The Bertz CT molecular complexity index is 819. The lowest BCUT2D eigenvalue weighted by atomic mass is 10.1. The second-order valence-electron chi connectivity index (χ2n) is 8.50. The van der Waals surface area contributed by atoms with Gasteiger partial charge in [0.1, 0.15) is 11.4 Å². The zero-order valence-corrected chi connectivity index (χ0v) is 17.2.